The van der Waals surface area contributed by atoms with Crippen LogP contribution in [-0.2, 0) is 30.4 Å². The molecule has 2 unspecified atom stereocenters. The Morgan fingerprint density at radius 3 is 1.94 bits per heavy atom. The zero-order chi connectivity index (χ0) is 36.0. The van der Waals surface area contributed by atoms with Crippen LogP contribution in [0.25, 0.3) is 0 Å². The second kappa shape index (κ2) is 18.9. The lowest BCUT2D eigenvalue weighted by Crippen LogP contribution is -2.63. The van der Waals surface area contributed by atoms with Gasteiger partial charge < -0.3 is 14.8 Å². The van der Waals surface area contributed by atoms with Gasteiger partial charge in [0.1, 0.15) is 0 Å². The molecule has 268 valence electrons. The molecular weight excluding hydrogens is 646 g/mol. The van der Waals surface area contributed by atoms with E-state index < -0.39 is 46.2 Å². The molecule has 4 amide bonds. The Hall–Kier alpha value is -3.76. The van der Waals surface area contributed by atoms with Crippen LogP contribution in [0.1, 0.15) is 115 Å². The lowest BCUT2D eigenvalue weighted by Gasteiger charge is -2.36. The minimum absolute atomic E-state index is 0.0123. The summed E-state index contributed by atoms with van der Waals surface area (Å²) in [4.78, 5) is 66.9. The molecule has 0 aromatic heterocycles. The van der Waals surface area contributed by atoms with Crippen molar-refractivity contribution in [3.8, 4) is 0 Å². The van der Waals surface area contributed by atoms with Crippen LogP contribution >= 0.6 is 11.6 Å². The molecule has 0 aliphatic carbocycles. The lowest BCUT2D eigenvalue weighted by atomic mass is 9.85. The topological polar surface area (TPSA) is 122 Å². The van der Waals surface area contributed by atoms with Gasteiger partial charge >= 0.3 is 12.0 Å². The molecule has 1 fully saturated rings. The van der Waals surface area contributed by atoms with E-state index >= 15 is 0 Å². The van der Waals surface area contributed by atoms with Crippen molar-refractivity contribution in [1.29, 1.82) is 0 Å². The quantitative estimate of drug-likeness (QED) is 0.0371. The number of esters is 1. The first-order chi connectivity index (χ1) is 23.4. The van der Waals surface area contributed by atoms with E-state index in [9.17, 15) is 24.0 Å². The van der Waals surface area contributed by atoms with Crippen LogP contribution in [0.15, 0.2) is 54.6 Å². The number of urea groups is 1. The maximum Gasteiger partial charge on any atom is 0.338 e. The molecule has 2 aromatic rings. The number of alkyl halides is 1. The van der Waals surface area contributed by atoms with Crippen molar-refractivity contribution in [1.82, 2.24) is 9.80 Å². The number of hydrogen-bond donors (Lipinski definition) is 1. The summed E-state index contributed by atoms with van der Waals surface area (Å²) in [6.07, 6.45) is 10.4. The molecule has 0 spiro atoms. The van der Waals surface area contributed by atoms with Crippen molar-refractivity contribution in [2.45, 2.75) is 117 Å². The molecule has 0 saturated carbocycles. The Labute approximate surface area is 295 Å². The average molecular weight is 698 g/mol. The van der Waals surface area contributed by atoms with E-state index in [1.165, 1.54) is 69.2 Å². The number of nitrogens with one attached hydrogen (secondary N) is 1. The third kappa shape index (κ3) is 10.6. The van der Waals surface area contributed by atoms with Gasteiger partial charge in [0.05, 0.1) is 18.7 Å². The number of ketones is 1. The standard InChI is InChI=1S/C38H52ClN3O7/c1-6-8-9-10-11-12-13-14-15-19-26-49-33(44)29-22-24-30(25-23-29)40-35(46)38(39,34(45)37(3,4)5)42-31(43)32(48-7-2)41(36(42)47)27-28-20-17-16-18-21-28/h16-18,20-25,32H,6-15,19,26-27H2,1-5H3,(H,40,46). The number of benzene rings is 2. The van der Waals surface area contributed by atoms with Crippen LogP contribution in [0.2, 0.25) is 0 Å². The molecule has 11 heteroatoms. The molecule has 2 aromatic carbocycles. The highest BCUT2D eigenvalue weighted by atomic mass is 35.5. The largest absolute Gasteiger partial charge is 0.462 e. The van der Waals surface area contributed by atoms with Gasteiger partial charge in [0.15, 0.2) is 5.78 Å². The van der Waals surface area contributed by atoms with E-state index in [0.29, 0.717) is 17.1 Å². The fraction of sp³-hybridized carbons (Fsp3) is 0.553. The number of rotatable bonds is 20. The van der Waals surface area contributed by atoms with E-state index in [-0.39, 0.29) is 24.4 Å². The number of unbranched alkanes of at least 4 members (excludes halogenated alkanes) is 9. The fourth-order valence-corrected chi connectivity index (χ4v) is 6.13. The van der Waals surface area contributed by atoms with Crippen LogP contribution in [0.4, 0.5) is 10.5 Å². The second-order valence-corrected chi connectivity index (χ2v) is 14.0. The number of carbonyl (C=O) groups is 5. The number of carbonyl (C=O) groups excluding carboxylic acids is 5. The summed E-state index contributed by atoms with van der Waals surface area (Å²) in [7, 11) is 0. The SMILES string of the molecule is CCCCCCCCCCCCOC(=O)c1ccc(NC(=O)C(Cl)(C(=O)C(C)(C)C)N2C(=O)C(OCC)N(Cc3ccccc3)C2=O)cc1. The maximum atomic E-state index is 13.9. The normalized spacial score (nSPS) is 16.1. The number of hydrogen-bond acceptors (Lipinski definition) is 7. The molecule has 1 N–H and O–H groups in total. The van der Waals surface area contributed by atoms with Gasteiger partial charge in [-0.25, -0.2) is 14.5 Å². The van der Waals surface area contributed by atoms with E-state index in [0.717, 1.165) is 24.2 Å². The molecule has 1 heterocycles. The number of amides is 4. The molecule has 2 atom stereocenters. The number of halogens is 1. The van der Waals surface area contributed by atoms with Gasteiger partial charge in [-0.3, -0.25) is 19.3 Å². The Bertz CT molecular complexity index is 1410. The van der Waals surface area contributed by atoms with Crippen LogP contribution < -0.4 is 5.32 Å². The van der Waals surface area contributed by atoms with Crippen molar-refractivity contribution >= 4 is 46.9 Å². The fourth-order valence-electron chi connectivity index (χ4n) is 5.64. The molecule has 10 nitrogen and oxygen atoms in total. The molecule has 49 heavy (non-hydrogen) atoms. The Morgan fingerprint density at radius 1 is 0.816 bits per heavy atom. The predicted molar refractivity (Wildman–Crippen MR) is 190 cm³/mol. The van der Waals surface area contributed by atoms with Gasteiger partial charge in [-0.15, -0.1) is 0 Å². The van der Waals surface area contributed by atoms with Crippen molar-refractivity contribution in [3.63, 3.8) is 0 Å². The number of nitrogens with zero attached hydrogens (tertiary/aromatic N) is 2. The molecule has 0 bridgehead atoms. The zero-order valence-corrected chi connectivity index (χ0v) is 30.4. The predicted octanol–water partition coefficient (Wildman–Crippen LogP) is 8.08. The van der Waals surface area contributed by atoms with Crippen LogP contribution in [0, 0.1) is 5.41 Å². The Balaban J connectivity index is 1.67. The van der Waals surface area contributed by atoms with Gasteiger partial charge in [-0.1, -0.05) is 127 Å². The van der Waals surface area contributed by atoms with E-state index in [2.05, 4.69) is 12.2 Å². The summed E-state index contributed by atoms with van der Waals surface area (Å²) in [5.41, 5.74) is -0.0298. The van der Waals surface area contributed by atoms with Crippen molar-refractivity contribution in [2.75, 3.05) is 18.5 Å². The number of Topliss-reactive ketones (excluding diaryl/α,β-unsaturated/α-hetero) is 1. The summed E-state index contributed by atoms with van der Waals surface area (Å²) in [5.74, 6) is -3.36. The minimum atomic E-state index is -2.74. The average Bonchev–Trinajstić information content (AvgIpc) is 3.31. The summed E-state index contributed by atoms with van der Waals surface area (Å²) in [5, 5.41) is 2.57. The Kier molecular flexibility index (Phi) is 15.3. The van der Waals surface area contributed by atoms with Crippen LogP contribution in [-0.4, -0.2) is 63.8 Å². The van der Waals surface area contributed by atoms with Gasteiger partial charge in [0, 0.05) is 17.7 Å². The maximum absolute atomic E-state index is 13.9. The smallest absolute Gasteiger partial charge is 0.338 e. The summed E-state index contributed by atoms with van der Waals surface area (Å²) >= 11 is 6.89. The minimum Gasteiger partial charge on any atom is -0.462 e. The zero-order valence-electron chi connectivity index (χ0n) is 29.6. The molecule has 1 aliphatic rings. The number of ether oxygens (including phenoxy) is 2. The van der Waals surface area contributed by atoms with Crippen LogP contribution in [0.5, 0.6) is 0 Å². The summed E-state index contributed by atoms with van der Waals surface area (Å²) < 4.78 is 11.1. The highest BCUT2D eigenvalue weighted by Gasteiger charge is 2.63. The third-order valence-electron chi connectivity index (χ3n) is 8.37. The van der Waals surface area contributed by atoms with Gasteiger partial charge in [0.2, 0.25) is 6.23 Å². The van der Waals surface area contributed by atoms with Crippen LogP contribution in [0.3, 0.4) is 0 Å². The van der Waals surface area contributed by atoms with Crippen molar-refractivity contribution in [3.05, 3.63) is 65.7 Å². The van der Waals surface area contributed by atoms with Crippen molar-refractivity contribution < 1.29 is 33.4 Å². The number of anilines is 1. The highest BCUT2D eigenvalue weighted by Crippen LogP contribution is 2.38. The number of imide groups is 1. The molecule has 0 radical (unpaired) electrons. The Morgan fingerprint density at radius 2 is 1.39 bits per heavy atom. The summed E-state index contributed by atoms with van der Waals surface area (Å²) in [6.45, 7) is 8.91. The van der Waals surface area contributed by atoms with Gasteiger partial charge in [0.25, 0.3) is 16.8 Å². The second-order valence-electron chi connectivity index (χ2n) is 13.4. The first-order valence-corrected chi connectivity index (χ1v) is 17.9. The molecule has 1 saturated heterocycles. The molecular formula is C38H52ClN3O7. The molecule has 3 rings (SSSR count). The first-order valence-electron chi connectivity index (χ1n) is 17.5. The van der Waals surface area contributed by atoms with Gasteiger partial charge in [-0.05, 0) is 43.2 Å². The van der Waals surface area contributed by atoms with Gasteiger partial charge in [-0.2, -0.15) is 0 Å². The molecule has 1 aliphatic heterocycles. The highest BCUT2D eigenvalue weighted by molar-refractivity contribution is 6.50. The summed E-state index contributed by atoms with van der Waals surface area (Å²) in [6, 6.07) is 13.9. The lowest BCUT2D eigenvalue weighted by molar-refractivity contribution is -0.151. The van der Waals surface area contributed by atoms with Crippen molar-refractivity contribution in [2.24, 2.45) is 5.41 Å². The first kappa shape index (κ1) is 39.7. The monoisotopic (exact) mass is 697 g/mol. The van der Waals surface area contributed by atoms with E-state index in [1.807, 2.05) is 6.07 Å². The third-order valence-corrected chi connectivity index (χ3v) is 8.88. The van der Waals surface area contributed by atoms with E-state index in [4.69, 9.17) is 21.1 Å². The van der Waals surface area contributed by atoms with E-state index in [1.54, 1.807) is 52.0 Å².